The number of likely N-dealkylation sites (tertiary alicyclic amines) is 1. The molecule has 1 N–H and O–H groups in total. The zero-order valence-electron chi connectivity index (χ0n) is 14.6. The molecule has 1 heterocycles. The smallest absolute Gasteiger partial charge is 0.317 e. The van der Waals surface area contributed by atoms with Gasteiger partial charge in [0, 0.05) is 12.2 Å². The van der Waals surface area contributed by atoms with Gasteiger partial charge in [-0.15, -0.1) is 0 Å². The number of urea groups is 1. The maximum atomic E-state index is 12.9. The highest BCUT2D eigenvalue weighted by Crippen LogP contribution is 2.31. The van der Waals surface area contributed by atoms with Crippen molar-refractivity contribution in [3.63, 3.8) is 0 Å². The summed E-state index contributed by atoms with van der Waals surface area (Å²) in [6.07, 6.45) is 4.47. The highest BCUT2D eigenvalue weighted by atomic mass is 16.2. The van der Waals surface area contributed by atoms with E-state index in [1.54, 1.807) is 0 Å². The zero-order valence-corrected chi connectivity index (χ0v) is 14.6. The third kappa shape index (κ3) is 3.78. The molecule has 1 atom stereocenters. The van der Waals surface area contributed by atoms with Gasteiger partial charge in [0.15, 0.2) is 0 Å². The molecule has 0 unspecified atom stereocenters. The van der Waals surface area contributed by atoms with Crippen LogP contribution < -0.4 is 5.32 Å². The molecular weight excluding hydrogens is 296 g/mol. The number of amides is 2. The number of hydrogen-bond donors (Lipinski definition) is 1. The summed E-state index contributed by atoms with van der Waals surface area (Å²) in [4.78, 5) is 15.0. The van der Waals surface area contributed by atoms with Gasteiger partial charge in [-0.3, -0.25) is 0 Å². The van der Waals surface area contributed by atoms with E-state index < -0.39 is 0 Å². The van der Waals surface area contributed by atoms with Gasteiger partial charge in [-0.05, 0) is 43.9 Å². The van der Waals surface area contributed by atoms with E-state index in [-0.39, 0.29) is 12.1 Å². The van der Waals surface area contributed by atoms with Crippen LogP contribution in [0.4, 0.5) is 10.5 Å². The van der Waals surface area contributed by atoms with E-state index in [4.69, 9.17) is 0 Å². The Kier molecular flexibility index (Phi) is 5.19. The molecule has 2 amide bonds. The van der Waals surface area contributed by atoms with E-state index >= 15 is 0 Å². The molecule has 0 aromatic heterocycles. The molecule has 3 heteroatoms. The Hall–Kier alpha value is -2.29. The molecule has 24 heavy (non-hydrogen) atoms. The minimum atomic E-state index is 0.0109. The summed E-state index contributed by atoms with van der Waals surface area (Å²) in [6.45, 7) is 4.94. The van der Waals surface area contributed by atoms with Crippen LogP contribution in [0.2, 0.25) is 0 Å². The van der Waals surface area contributed by atoms with Crippen LogP contribution in [0.5, 0.6) is 0 Å². The van der Waals surface area contributed by atoms with Crippen molar-refractivity contribution in [3.8, 4) is 0 Å². The number of para-hydroxylation sites is 1. The molecule has 0 spiro atoms. The Labute approximate surface area is 144 Å². The second kappa shape index (κ2) is 7.52. The van der Waals surface area contributed by atoms with Gasteiger partial charge in [-0.1, -0.05) is 60.9 Å². The molecule has 2 aromatic rings. The van der Waals surface area contributed by atoms with Crippen LogP contribution in [-0.4, -0.2) is 17.5 Å². The van der Waals surface area contributed by atoms with Gasteiger partial charge in [-0.2, -0.15) is 0 Å². The molecule has 0 bridgehead atoms. The lowest BCUT2D eigenvalue weighted by atomic mass is 10.00. The second-order valence-electron chi connectivity index (χ2n) is 6.71. The van der Waals surface area contributed by atoms with E-state index in [0.717, 1.165) is 30.6 Å². The predicted octanol–water partition coefficient (Wildman–Crippen LogP) is 5.45. The van der Waals surface area contributed by atoms with Gasteiger partial charge in [0.1, 0.15) is 0 Å². The van der Waals surface area contributed by atoms with Gasteiger partial charge in [0.05, 0.1) is 6.04 Å². The lowest BCUT2D eigenvalue weighted by Gasteiger charge is -2.31. The quantitative estimate of drug-likeness (QED) is 0.783. The fraction of sp³-hybridized carbons (Fsp3) is 0.381. The van der Waals surface area contributed by atoms with Crippen LogP contribution in [0.25, 0.3) is 0 Å². The molecule has 0 aliphatic carbocycles. The number of carbonyl (C=O) groups is 1. The Morgan fingerprint density at radius 3 is 2.50 bits per heavy atom. The van der Waals surface area contributed by atoms with Gasteiger partial charge in [0.25, 0.3) is 0 Å². The van der Waals surface area contributed by atoms with E-state index in [1.807, 2.05) is 36.1 Å². The first-order chi connectivity index (χ1) is 11.6. The maximum Gasteiger partial charge on any atom is 0.322 e. The number of aryl methyl sites for hydroxylation is 2. The van der Waals surface area contributed by atoms with Crippen LogP contribution in [-0.2, 0) is 0 Å². The number of nitrogens with zero attached hydrogens (tertiary/aromatic N) is 1. The van der Waals surface area contributed by atoms with Crippen molar-refractivity contribution >= 4 is 11.7 Å². The Morgan fingerprint density at radius 2 is 1.75 bits per heavy atom. The Balaban J connectivity index is 1.82. The van der Waals surface area contributed by atoms with Crippen LogP contribution in [0, 0.1) is 13.8 Å². The number of rotatable bonds is 2. The monoisotopic (exact) mass is 322 g/mol. The average molecular weight is 322 g/mol. The molecule has 1 aliphatic heterocycles. The lowest BCUT2D eigenvalue weighted by molar-refractivity contribution is 0.189. The van der Waals surface area contributed by atoms with Crippen molar-refractivity contribution in [3.05, 3.63) is 65.2 Å². The molecular formula is C21H26N2O. The van der Waals surface area contributed by atoms with Crippen LogP contribution in [0.15, 0.2) is 48.5 Å². The number of nitrogens with one attached hydrogen (secondary N) is 1. The van der Waals surface area contributed by atoms with Crippen molar-refractivity contribution in [1.82, 2.24) is 4.90 Å². The molecule has 0 saturated carbocycles. The highest BCUT2D eigenvalue weighted by molar-refractivity contribution is 5.90. The summed E-state index contributed by atoms with van der Waals surface area (Å²) in [5.41, 5.74) is 4.48. The summed E-state index contributed by atoms with van der Waals surface area (Å²) in [5, 5.41) is 3.11. The minimum Gasteiger partial charge on any atom is -0.317 e. The molecule has 1 saturated heterocycles. The molecule has 1 aliphatic rings. The summed E-state index contributed by atoms with van der Waals surface area (Å²) >= 11 is 0. The lowest BCUT2D eigenvalue weighted by Crippen LogP contribution is -2.38. The summed E-state index contributed by atoms with van der Waals surface area (Å²) in [5.74, 6) is 0. The average Bonchev–Trinajstić information content (AvgIpc) is 2.84. The van der Waals surface area contributed by atoms with E-state index in [1.165, 1.54) is 24.0 Å². The van der Waals surface area contributed by atoms with Gasteiger partial charge in [-0.25, -0.2) is 4.79 Å². The van der Waals surface area contributed by atoms with Crippen LogP contribution in [0.1, 0.15) is 48.4 Å². The third-order valence-corrected chi connectivity index (χ3v) is 4.86. The Bertz CT molecular complexity index is 693. The van der Waals surface area contributed by atoms with Crippen molar-refractivity contribution in [2.45, 2.75) is 45.6 Å². The molecule has 126 valence electrons. The fourth-order valence-corrected chi connectivity index (χ4v) is 3.39. The molecule has 3 nitrogen and oxygen atoms in total. The van der Waals surface area contributed by atoms with Crippen molar-refractivity contribution in [2.75, 3.05) is 11.9 Å². The van der Waals surface area contributed by atoms with Crippen molar-refractivity contribution < 1.29 is 4.79 Å². The number of carbonyl (C=O) groups excluding carboxylic acids is 1. The standard InChI is InChI=1S/C21H26N2O/c1-16-11-13-18(14-12-16)20-10-4-3-7-15-23(20)21(24)22-19-9-6-5-8-17(19)2/h5-6,8-9,11-14,20H,3-4,7,10,15H2,1-2H3,(H,22,24)/t20-/m0/s1. The van der Waals surface area contributed by atoms with Crippen molar-refractivity contribution in [1.29, 1.82) is 0 Å². The van der Waals surface area contributed by atoms with E-state index in [9.17, 15) is 4.79 Å². The minimum absolute atomic E-state index is 0.0109. The van der Waals surface area contributed by atoms with E-state index in [0.29, 0.717) is 0 Å². The first-order valence-electron chi connectivity index (χ1n) is 8.85. The molecule has 1 fully saturated rings. The topological polar surface area (TPSA) is 32.3 Å². The molecule has 0 radical (unpaired) electrons. The van der Waals surface area contributed by atoms with E-state index in [2.05, 4.69) is 36.5 Å². The SMILES string of the molecule is Cc1ccc([C@@H]2CCCCCN2C(=O)Nc2ccccc2C)cc1. The number of hydrogen-bond acceptors (Lipinski definition) is 1. The first kappa shape index (κ1) is 16.6. The highest BCUT2D eigenvalue weighted by Gasteiger charge is 2.26. The predicted molar refractivity (Wildman–Crippen MR) is 99.3 cm³/mol. The van der Waals surface area contributed by atoms with Crippen LogP contribution in [0.3, 0.4) is 0 Å². The van der Waals surface area contributed by atoms with Gasteiger partial charge >= 0.3 is 6.03 Å². The number of benzene rings is 2. The summed E-state index contributed by atoms with van der Waals surface area (Å²) in [6, 6.07) is 16.7. The largest absolute Gasteiger partial charge is 0.322 e. The summed E-state index contributed by atoms with van der Waals surface area (Å²) in [7, 11) is 0. The summed E-state index contributed by atoms with van der Waals surface area (Å²) < 4.78 is 0. The van der Waals surface area contributed by atoms with Gasteiger partial charge in [0.2, 0.25) is 0 Å². The third-order valence-electron chi connectivity index (χ3n) is 4.86. The van der Waals surface area contributed by atoms with Crippen LogP contribution >= 0.6 is 0 Å². The maximum absolute atomic E-state index is 12.9. The first-order valence-corrected chi connectivity index (χ1v) is 8.85. The van der Waals surface area contributed by atoms with Gasteiger partial charge < -0.3 is 10.2 Å². The fourth-order valence-electron chi connectivity index (χ4n) is 3.39. The number of anilines is 1. The normalized spacial score (nSPS) is 18.1. The molecule has 3 rings (SSSR count). The van der Waals surface area contributed by atoms with Crippen molar-refractivity contribution in [2.24, 2.45) is 0 Å². The Morgan fingerprint density at radius 1 is 1.00 bits per heavy atom. The zero-order chi connectivity index (χ0) is 16.9. The second-order valence-corrected chi connectivity index (χ2v) is 6.71. The molecule has 2 aromatic carbocycles.